The molecule has 130 valence electrons. The van der Waals surface area contributed by atoms with E-state index in [2.05, 4.69) is 4.90 Å². The number of aliphatic hydroxyl groups excluding tert-OH is 1. The molecule has 2 atom stereocenters. The molecule has 1 unspecified atom stereocenters. The predicted octanol–water partition coefficient (Wildman–Crippen LogP) is 1.96. The third-order valence-electron chi connectivity index (χ3n) is 5.66. The molecule has 25 heavy (non-hydrogen) atoms. The molecule has 3 aliphatic rings. The highest BCUT2D eigenvalue weighted by Gasteiger charge is 2.55. The lowest BCUT2D eigenvalue weighted by Gasteiger charge is -2.45. The highest BCUT2D eigenvalue weighted by atomic mass is 16.5. The Morgan fingerprint density at radius 2 is 2.00 bits per heavy atom. The highest BCUT2D eigenvalue weighted by molar-refractivity contribution is 6.14. The van der Waals surface area contributed by atoms with Crippen molar-refractivity contribution >= 4 is 11.4 Å². The molecule has 4 rings (SSSR count). The second-order valence-electron chi connectivity index (χ2n) is 6.64. The van der Waals surface area contributed by atoms with Crippen molar-refractivity contribution in [2.45, 2.75) is 24.4 Å². The van der Waals surface area contributed by atoms with Gasteiger partial charge >= 0.3 is 0 Å². The van der Waals surface area contributed by atoms with Gasteiger partial charge in [0.15, 0.2) is 17.3 Å². The van der Waals surface area contributed by atoms with E-state index in [0.29, 0.717) is 5.57 Å². The minimum absolute atomic E-state index is 0.0268. The van der Waals surface area contributed by atoms with Crippen molar-refractivity contribution in [3.63, 3.8) is 0 Å². The lowest BCUT2D eigenvalue weighted by atomic mass is 9.75. The van der Waals surface area contributed by atoms with Gasteiger partial charge in [0, 0.05) is 11.6 Å². The number of carbonyl (C=O) groups is 1. The first kappa shape index (κ1) is 15.9. The Labute approximate surface area is 145 Å². The summed E-state index contributed by atoms with van der Waals surface area (Å²) in [6.07, 6.45) is 3.17. The summed E-state index contributed by atoms with van der Waals surface area (Å²) in [6.45, 7) is 0. The Kier molecular flexibility index (Phi) is 3.30. The van der Waals surface area contributed by atoms with Gasteiger partial charge in [-0.2, -0.15) is 0 Å². The Morgan fingerprint density at radius 1 is 1.24 bits per heavy atom. The number of carbonyl (C=O) groups excluding carboxylic acids is 1. The van der Waals surface area contributed by atoms with Gasteiger partial charge in [0.25, 0.3) is 5.78 Å². The molecule has 0 radical (unpaired) electrons. The van der Waals surface area contributed by atoms with Crippen LogP contribution in [0.4, 0.5) is 0 Å². The molecule has 0 aromatic heterocycles. The lowest BCUT2D eigenvalue weighted by molar-refractivity contribution is -0.117. The summed E-state index contributed by atoms with van der Waals surface area (Å²) < 4.78 is 10.6. The third kappa shape index (κ3) is 1.88. The number of rotatable bonds is 2. The topological polar surface area (TPSA) is 76.1 Å². The van der Waals surface area contributed by atoms with Crippen LogP contribution in [0, 0.1) is 0 Å². The van der Waals surface area contributed by atoms with Crippen molar-refractivity contribution in [3.05, 3.63) is 57.1 Å². The van der Waals surface area contributed by atoms with Crippen molar-refractivity contribution in [3.8, 4) is 5.75 Å². The normalized spacial score (nSPS) is 27.6. The Balaban J connectivity index is 2.12. The Morgan fingerprint density at radius 3 is 2.68 bits per heavy atom. The maximum absolute atomic E-state index is 12.5. The van der Waals surface area contributed by atoms with Crippen molar-refractivity contribution in [2.24, 2.45) is 0 Å². The minimum Gasteiger partial charge on any atom is -0.504 e. The molecule has 1 aromatic carbocycles. The van der Waals surface area contributed by atoms with E-state index in [1.807, 2.05) is 13.1 Å². The quantitative estimate of drug-likeness (QED) is 0.886. The summed E-state index contributed by atoms with van der Waals surface area (Å²) in [5.41, 5.74) is 1.57. The van der Waals surface area contributed by atoms with Crippen LogP contribution < -0.4 is 10.2 Å². The number of nitrogens with zero attached hydrogens (tertiary/aromatic N) is 1. The van der Waals surface area contributed by atoms with Crippen LogP contribution in [0.1, 0.15) is 30.0 Å². The summed E-state index contributed by atoms with van der Waals surface area (Å²) in [5.74, 6) is -0.444. The van der Waals surface area contributed by atoms with Crippen LogP contribution in [0.5, 0.6) is 5.75 Å². The molecular weight excluding hydrogens is 322 g/mol. The van der Waals surface area contributed by atoms with E-state index in [-0.39, 0.29) is 28.7 Å². The molecule has 6 heteroatoms. The molecule has 2 bridgehead atoms. The molecule has 0 amide bonds. The van der Waals surface area contributed by atoms with Crippen LogP contribution in [0.25, 0.3) is 5.57 Å². The number of fused-ring (bicyclic) bond motifs is 4. The number of methoxy groups -OCH3 is 2. The van der Waals surface area contributed by atoms with E-state index in [0.717, 1.165) is 24.0 Å². The summed E-state index contributed by atoms with van der Waals surface area (Å²) in [6, 6.07) is 5.06. The SMILES string of the molecule is COC1=C2c3ccc(OC)c(=O)cc3[C@@H]3CCC2(C=C(O)C1=O)N3C. The van der Waals surface area contributed by atoms with E-state index in [4.69, 9.17) is 9.47 Å². The molecule has 1 aliphatic carbocycles. The van der Waals surface area contributed by atoms with E-state index in [1.54, 1.807) is 18.2 Å². The van der Waals surface area contributed by atoms with Gasteiger partial charge < -0.3 is 14.6 Å². The average Bonchev–Trinajstić information content (AvgIpc) is 2.73. The molecule has 1 N–H and O–H groups in total. The summed E-state index contributed by atoms with van der Waals surface area (Å²) in [7, 11) is 4.83. The van der Waals surface area contributed by atoms with Crippen molar-refractivity contribution in [2.75, 3.05) is 21.3 Å². The van der Waals surface area contributed by atoms with Crippen LogP contribution in [0.3, 0.4) is 0 Å². The minimum atomic E-state index is -0.606. The molecule has 6 nitrogen and oxygen atoms in total. The maximum atomic E-state index is 12.5. The zero-order valence-electron chi connectivity index (χ0n) is 14.3. The summed E-state index contributed by atoms with van der Waals surface area (Å²) in [5, 5.41) is 10.2. The van der Waals surface area contributed by atoms with Crippen LogP contribution in [0.15, 0.2) is 40.6 Å². The average molecular weight is 341 g/mol. The van der Waals surface area contributed by atoms with Gasteiger partial charge in [-0.15, -0.1) is 0 Å². The van der Waals surface area contributed by atoms with Crippen LogP contribution in [-0.2, 0) is 9.53 Å². The van der Waals surface area contributed by atoms with E-state index in [1.165, 1.54) is 14.2 Å². The fraction of sp³-hybridized carbons (Fsp3) is 0.368. The van der Waals surface area contributed by atoms with Gasteiger partial charge in [-0.1, -0.05) is 6.07 Å². The summed E-state index contributed by atoms with van der Waals surface area (Å²) >= 11 is 0. The lowest BCUT2D eigenvalue weighted by Crippen LogP contribution is -2.48. The molecule has 1 saturated heterocycles. The monoisotopic (exact) mass is 341 g/mol. The maximum Gasteiger partial charge on any atom is 0.261 e. The summed E-state index contributed by atoms with van der Waals surface area (Å²) in [4.78, 5) is 27.0. The van der Waals surface area contributed by atoms with Gasteiger partial charge in [0.1, 0.15) is 0 Å². The smallest absolute Gasteiger partial charge is 0.261 e. The van der Waals surface area contributed by atoms with Crippen molar-refractivity contribution in [1.82, 2.24) is 4.90 Å². The first-order chi connectivity index (χ1) is 11.9. The molecule has 0 saturated carbocycles. The first-order valence-corrected chi connectivity index (χ1v) is 8.15. The zero-order chi connectivity index (χ0) is 17.9. The van der Waals surface area contributed by atoms with Crippen molar-refractivity contribution < 1.29 is 19.4 Å². The molecule has 2 heterocycles. The fourth-order valence-electron chi connectivity index (χ4n) is 4.48. The molecule has 1 fully saturated rings. The number of ketones is 1. The van der Waals surface area contributed by atoms with Crippen LogP contribution in [0.2, 0.25) is 0 Å². The van der Waals surface area contributed by atoms with Gasteiger partial charge in [0.2, 0.25) is 5.43 Å². The first-order valence-electron chi connectivity index (χ1n) is 8.15. The highest BCUT2D eigenvalue weighted by Crippen LogP contribution is 2.57. The van der Waals surface area contributed by atoms with E-state index >= 15 is 0 Å². The number of likely N-dealkylation sites (N-methyl/N-ethyl adjacent to an activating group) is 1. The third-order valence-corrected chi connectivity index (χ3v) is 5.66. The second kappa shape index (κ2) is 5.20. The standard InChI is InChI=1S/C19H19NO5/c1-20-12-6-7-19(20)9-14(22)17(23)18(25-3)16(19)10-4-5-15(24-2)13(21)8-11(10)12/h4-5,8-9,12,22H,6-7H2,1-3H3/t12-,19?/m0/s1. The van der Waals surface area contributed by atoms with Gasteiger partial charge in [0.05, 0.1) is 19.8 Å². The van der Waals surface area contributed by atoms with E-state index < -0.39 is 11.3 Å². The van der Waals surface area contributed by atoms with Crippen LogP contribution >= 0.6 is 0 Å². The van der Waals surface area contributed by atoms with Gasteiger partial charge in [-0.3, -0.25) is 14.5 Å². The molecular formula is C19H19NO5. The molecule has 1 spiro atoms. The number of hydrogen-bond donors (Lipinski definition) is 1. The van der Waals surface area contributed by atoms with Gasteiger partial charge in [-0.05, 0) is 49.2 Å². The zero-order valence-corrected chi connectivity index (χ0v) is 14.3. The predicted molar refractivity (Wildman–Crippen MR) is 91.4 cm³/mol. The van der Waals surface area contributed by atoms with Crippen molar-refractivity contribution in [1.29, 1.82) is 0 Å². The second-order valence-corrected chi connectivity index (χ2v) is 6.64. The van der Waals surface area contributed by atoms with Crippen LogP contribution in [-0.4, -0.2) is 42.6 Å². The Hall–Kier alpha value is -2.60. The number of aliphatic hydroxyl groups is 1. The fourth-order valence-corrected chi connectivity index (χ4v) is 4.48. The number of hydrogen-bond acceptors (Lipinski definition) is 6. The molecule has 2 aliphatic heterocycles. The number of Topliss-reactive ketones (excluding diaryl/α,β-unsaturated/α-hetero) is 1. The number of ether oxygens (including phenoxy) is 2. The Bertz CT molecular complexity index is 916. The van der Waals surface area contributed by atoms with E-state index in [9.17, 15) is 14.7 Å². The largest absolute Gasteiger partial charge is 0.504 e. The molecule has 1 aromatic rings. The van der Waals surface area contributed by atoms with Gasteiger partial charge in [-0.25, -0.2) is 0 Å².